The van der Waals surface area contributed by atoms with E-state index in [0.717, 1.165) is 11.1 Å². The van der Waals surface area contributed by atoms with Gasteiger partial charge in [0, 0.05) is 5.56 Å². The lowest BCUT2D eigenvalue weighted by molar-refractivity contribution is 0.0713. The predicted molar refractivity (Wildman–Crippen MR) is 83.0 cm³/mol. The molecular weight excluding hydrogens is 270 g/mol. The van der Waals surface area contributed by atoms with Crippen molar-refractivity contribution in [3.63, 3.8) is 0 Å². The fraction of sp³-hybridized carbons (Fsp3) is 0.312. The third-order valence-electron chi connectivity index (χ3n) is 3.44. The van der Waals surface area contributed by atoms with Crippen LogP contribution in [0.3, 0.4) is 0 Å². The van der Waals surface area contributed by atoms with Crippen molar-refractivity contribution in [3.8, 4) is 11.1 Å². The van der Waals surface area contributed by atoms with Crippen LogP contribution in [0, 0.1) is 0 Å². The molecule has 0 bridgehead atoms. The van der Waals surface area contributed by atoms with Crippen molar-refractivity contribution in [1.82, 2.24) is 5.32 Å². The van der Waals surface area contributed by atoms with Crippen LogP contribution < -0.4 is 5.32 Å². The maximum atomic E-state index is 12.4. The maximum Gasteiger partial charge on any atom is 0.262 e. The molecule has 20 heavy (non-hydrogen) atoms. The van der Waals surface area contributed by atoms with E-state index >= 15 is 0 Å². The second-order valence-corrected chi connectivity index (χ2v) is 6.30. The molecule has 0 spiro atoms. The van der Waals surface area contributed by atoms with Crippen LogP contribution in [0.2, 0.25) is 0 Å². The maximum absolute atomic E-state index is 12.4. The van der Waals surface area contributed by atoms with Gasteiger partial charge in [0.15, 0.2) is 0 Å². The number of hydrogen-bond donors (Lipinski definition) is 2. The minimum Gasteiger partial charge on any atom is -0.391 e. The first-order valence-corrected chi connectivity index (χ1v) is 7.43. The van der Waals surface area contributed by atoms with E-state index in [0.29, 0.717) is 4.88 Å². The zero-order chi connectivity index (χ0) is 14.8. The first-order chi connectivity index (χ1) is 9.42. The Morgan fingerprint density at radius 3 is 2.50 bits per heavy atom. The average molecular weight is 289 g/mol. The molecule has 0 saturated carbocycles. The van der Waals surface area contributed by atoms with Gasteiger partial charge in [0.2, 0.25) is 0 Å². The fourth-order valence-corrected chi connectivity index (χ4v) is 2.60. The number of hydrogen-bond acceptors (Lipinski definition) is 3. The van der Waals surface area contributed by atoms with E-state index in [1.54, 1.807) is 6.92 Å². The van der Waals surface area contributed by atoms with E-state index in [9.17, 15) is 9.90 Å². The number of aliphatic hydroxyl groups is 1. The van der Waals surface area contributed by atoms with Crippen LogP contribution >= 0.6 is 11.3 Å². The van der Waals surface area contributed by atoms with Gasteiger partial charge < -0.3 is 10.4 Å². The fourth-order valence-electron chi connectivity index (χ4n) is 1.78. The number of rotatable bonds is 4. The van der Waals surface area contributed by atoms with E-state index in [-0.39, 0.29) is 5.91 Å². The molecule has 1 unspecified atom stereocenters. The summed E-state index contributed by atoms with van der Waals surface area (Å²) in [5.41, 5.74) is 1.29. The third kappa shape index (κ3) is 3.08. The van der Waals surface area contributed by atoms with Crippen molar-refractivity contribution in [3.05, 3.63) is 46.7 Å². The molecule has 0 fully saturated rings. The molecule has 0 radical (unpaired) electrons. The molecule has 1 heterocycles. The summed E-state index contributed by atoms with van der Waals surface area (Å²) in [5.74, 6) is -0.148. The van der Waals surface area contributed by atoms with Crippen molar-refractivity contribution in [2.75, 3.05) is 0 Å². The Balaban J connectivity index is 2.27. The SMILES string of the molecule is CC(O)C(C)(C)NC(=O)c1sccc1-c1ccccc1. The van der Waals surface area contributed by atoms with Crippen molar-refractivity contribution in [1.29, 1.82) is 0 Å². The quantitative estimate of drug-likeness (QED) is 0.907. The molecule has 1 aromatic heterocycles. The summed E-state index contributed by atoms with van der Waals surface area (Å²) in [6, 6.07) is 11.8. The second-order valence-electron chi connectivity index (χ2n) is 5.38. The van der Waals surface area contributed by atoms with Crippen molar-refractivity contribution in [2.45, 2.75) is 32.4 Å². The number of thiophene rings is 1. The number of carbonyl (C=O) groups is 1. The second kappa shape index (κ2) is 5.77. The van der Waals surface area contributed by atoms with Crippen LogP contribution in [0.5, 0.6) is 0 Å². The van der Waals surface area contributed by atoms with Gasteiger partial charge in [-0.2, -0.15) is 0 Å². The van der Waals surface area contributed by atoms with Gasteiger partial charge in [-0.25, -0.2) is 0 Å². The number of aliphatic hydroxyl groups excluding tert-OH is 1. The summed E-state index contributed by atoms with van der Waals surface area (Å²) in [4.78, 5) is 13.1. The molecule has 0 aliphatic carbocycles. The van der Waals surface area contributed by atoms with Crippen molar-refractivity contribution >= 4 is 17.2 Å². The van der Waals surface area contributed by atoms with Gasteiger partial charge >= 0.3 is 0 Å². The van der Waals surface area contributed by atoms with E-state index < -0.39 is 11.6 Å². The summed E-state index contributed by atoms with van der Waals surface area (Å²) in [5, 5.41) is 14.5. The standard InChI is InChI=1S/C16H19NO2S/c1-11(18)16(2,3)17-15(19)14-13(9-10-20-14)12-7-5-4-6-8-12/h4-11,18H,1-3H3,(H,17,19). The van der Waals surface area contributed by atoms with E-state index in [1.165, 1.54) is 11.3 Å². The highest BCUT2D eigenvalue weighted by molar-refractivity contribution is 7.12. The molecule has 0 aliphatic rings. The zero-order valence-electron chi connectivity index (χ0n) is 11.9. The molecule has 2 rings (SSSR count). The highest BCUT2D eigenvalue weighted by Gasteiger charge is 2.27. The van der Waals surface area contributed by atoms with Gasteiger partial charge in [-0.3, -0.25) is 4.79 Å². The molecule has 0 saturated heterocycles. The van der Waals surface area contributed by atoms with Gasteiger partial charge in [-0.1, -0.05) is 30.3 Å². The summed E-state index contributed by atoms with van der Waals surface area (Å²) in [6.07, 6.45) is -0.619. The average Bonchev–Trinajstić information content (AvgIpc) is 2.88. The molecule has 4 heteroatoms. The number of carbonyl (C=O) groups excluding carboxylic acids is 1. The molecule has 2 N–H and O–H groups in total. The summed E-state index contributed by atoms with van der Waals surface area (Å²) in [6.45, 7) is 5.30. The van der Waals surface area contributed by atoms with E-state index in [1.807, 2.05) is 55.6 Å². The van der Waals surface area contributed by atoms with Crippen LogP contribution in [0.25, 0.3) is 11.1 Å². The Morgan fingerprint density at radius 2 is 1.90 bits per heavy atom. The Hall–Kier alpha value is -1.65. The minimum absolute atomic E-state index is 0.148. The molecule has 1 aromatic carbocycles. The van der Waals surface area contributed by atoms with E-state index in [2.05, 4.69) is 5.32 Å². The first kappa shape index (κ1) is 14.8. The van der Waals surface area contributed by atoms with Crippen LogP contribution in [0.15, 0.2) is 41.8 Å². The Morgan fingerprint density at radius 1 is 1.25 bits per heavy atom. The summed E-state index contributed by atoms with van der Waals surface area (Å²) < 4.78 is 0. The van der Waals surface area contributed by atoms with Crippen LogP contribution in [-0.2, 0) is 0 Å². The summed E-state index contributed by atoms with van der Waals surface area (Å²) >= 11 is 1.41. The number of nitrogens with one attached hydrogen (secondary N) is 1. The highest BCUT2D eigenvalue weighted by atomic mass is 32.1. The summed E-state index contributed by atoms with van der Waals surface area (Å²) in [7, 11) is 0. The van der Waals surface area contributed by atoms with Gasteiger partial charge in [0.05, 0.1) is 16.5 Å². The lowest BCUT2D eigenvalue weighted by Gasteiger charge is -2.29. The van der Waals surface area contributed by atoms with Crippen molar-refractivity contribution < 1.29 is 9.90 Å². The molecular formula is C16H19NO2S. The van der Waals surface area contributed by atoms with Crippen LogP contribution in [-0.4, -0.2) is 22.7 Å². The van der Waals surface area contributed by atoms with Gasteiger partial charge in [-0.05, 0) is 37.8 Å². The van der Waals surface area contributed by atoms with Gasteiger partial charge in [0.1, 0.15) is 0 Å². The molecule has 1 atom stereocenters. The van der Waals surface area contributed by atoms with Crippen LogP contribution in [0.4, 0.5) is 0 Å². The highest BCUT2D eigenvalue weighted by Crippen LogP contribution is 2.28. The molecule has 106 valence electrons. The van der Waals surface area contributed by atoms with Gasteiger partial charge in [-0.15, -0.1) is 11.3 Å². The molecule has 2 aromatic rings. The van der Waals surface area contributed by atoms with Crippen molar-refractivity contribution in [2.24, 2.45) is 0 Å². The lowest BCUT2D eigenvalue weighted by Crippen LogP contribution is -2.50. The molecule has 0 aliphatic heterocycles. The lowest BCUT2D eigenvalue weighted by atomic mass is 9.98. The Kier molecular flexibility index (Phi) is 4.26. The van der Waals surface area contributed by atoms with E-state index in [4.69, 9.17) is 0 Å². The minimum atomic E-state index is -0.658. The number of benzene rings is 1. The molecule has 1 amide bonds. The smallest absolute Gasteiger partial charge is 0.262 e. The topological polar surface area (TPSA) is 49.3 Å². The third-order valence-corrected chi connectivity index (χ3v) is 4.35. The zero-order valence-corrected chi connectivity index (χ0v) is 12.7. The molecule has 3 nitrogen and oxygen atoms in total. The first-order valence-electron chi connectivity index (χ1n) is 6.55. The van der Waals surface area contributed by atoms with Gasteiger partial charge in [0.25, 0.3) is 5.91 Å². The Bertz CT molecular complexity index is 588. The normalized spacial score (nSPS) is 13.0. The predicted octanol–water partition coefficient (Wildman–Crippen LogP) is 3.30. The van der Waals surface area contributed by atoms with Crippen LogP contribution in [0.1, 0.15) is 30.4 Å². The Labute approximate surface area is 123 Å². The monoisotopic (exact) mass is 289 g/mol. The number of amides is 1. The largest absolute Gasteiger partial charge is 0.391 e.